The number of hydrogen-bond donors (Lipinski definition) is 1. The lowest BCUT2D eigenvalue weighted by atomic mass is 9.91. The molecule has 2 aromatic rings. The molecule has 0 aromatic heterocycles. The molecule has 2 nitrogen and oxygen atoms in total. The summed E-state index contributed by atoms with van der Waals surface area (Å²) in [6, 6.07) is 14.1. The second kappa shape index (κ2) is 6.90. The van der Waals surface area contributed by atoms with Gasteiger partial charge in [-0.15, -0.1) is 0 Å². The molecule has 2 rings (SSSR count). The van der Waals surface area contributed by atoms with Crippen LogP contribution in [0.4, 0.5) is 0 Å². The fraction of sp³-hybridized carbons (Fsp3) is 0.278. The third kappa shape index (κ3) is 4.43. The van der Waals surface area contributed by atoms with E-state index in [-0.39, 0.29) is 0 Å². The molecule has 0 saturated heterocycles. The molecule has 3 heteroatoms. The Morgan fingerprint density at radius 2 is 1.71 bits per heavy atom. The van der Waals surface area contributed by atoms with E-state index >= 15 is 0 Å². The Morgan fingerprint density at radius 1 is 1.10 bits per heavy atom. The van der Waals surface area contributed by atoms with Crippen molar-refractivity contribution in [2.24, 2.45) is 5.92 Å². The van der Waals surface area contributed by atoms with Gasteiger partial charge in [-0.1, -0.05) is 63.5 Å². The maximum Gasteiger partial charge on any atom is 0.307 e. The van der Waals surface area contributed by atoms with Crippen LogP contribution in [0.2, 0.25) is 0 Å². The van der Waals surface area contributed by atoms with Crippen molar-refractivity contribution in [3.63, 3.8) is 0 Å². The average Bonchev–Trinajstić information content (AvgIpc) is 2.39. The molecule has 0 aliphatic rings. The molecule has 1 N–H and O–H groups in total. The van der Waals surface area contributed by atoms with Crippen LogP contribution in [0.3, 0.4) is 0 Å². The van der Waals surface area contributed by atoms with E-state index in [4.69, 9.17) is 0 Å². The van der Waals surface area contributed by atoms with E-state index in [1.165, 1.54) is 11.1 Å². The molecular formula is C18H19BrO2. The highest BCUT2D eigenvalue weighted by Gasteiger charge is 2.20. The minimum atomic E-state index is -0.745. The predicted octanol–water partition coefficient (Wildman–Crippen LogP) is 4.55. The first kappa shape index (κ1) is 15.8. The highest BCUT2D eigenvalue weighted by Crippen LogP contribution is 2.22. The lowest BCUT2D eigenvalue weighted by molar-refractivity contribution is -0.141. The van der Waals surface area contributed by atoms with Crippen LogP contribution in [0.15, 0.2) is 46.9 Å². The summed E-state index contributed by atoms with van der Waals surface area (Å²) < 4.78 is 0.969. The summed E-state index contributed by atoms with van der Waals surface area (Å²) in [6.45, 7) is 4.08. The lowest BCUT2D eigenvalue weighted by Gasteiger charge is -2.14. The van der Waals surface area contributed by atoms with Crippen LogP contribution < -0.4 is 0 Å². The highest BCUT2D eigenvalue weighted by molar-refractivity contribution is 9.10. The van der Waals surface area contributed by atoms with Crippen molar-refractivity contribution in [1.82, 2.24) is 0 Å². The molecule has 1 unspecified atom stereocenters. The lowest BCUT2D eigenvalue weighted by Crippen LogP contribution is -2.19. The molecule has 0 aliphatic carbocycles. The Bertz CT molecular complexity index is 629. The van der Waals surface area contributed by atoms with Gasteiger partial charge in [-0.2, -0.15) is 0 Å². The summed E-state index contributed by atoms with van der Waals surface area (Å²) in [5, 5.41) is 9.51. The van der Waals surface area contributed by atoms with Crippen LogP contribution in [0.1, 0.15) is 22.3 Å². The van der Waals surface area contributed by atoms with Crippen LogP contribution in [0, 0.1) is 19.8 Å². The summed E-state index contributed by atoms with van der Waals surface area (Å²) in [5.41, 5.74) is 4.48. The predicted molar refractivity (Wildman–Crippen MR) is 88.6 cm³/mol. The summed E-state index contributed by atoms with van der Waals surface area (Å²) in [4.78, 5) is 11.6. The topological polar surface area (TPSA) is 37.3 Å². The van der Waals surface area contributed by atoms with Gasteiger partial charge in [0.05, 0.1) is 5.92 Å². The summed E-state index contributed by atoms with van der Waals surface area (Å²) in [6.07, 6.45) is 1.09. The first-order chi connectivity index (χ1) is 9.95. The maximum absolute atomic E-state index is 11.6. The van der Waals surface area contributed by atoms with Crippen molar-refractivity contribution in [2.45, 2.75) is 26.7 Å². The SMILES string of the molecule is Cc1cc(C)cc(CC(Cc2ccccc2Br)C(=O)O)c1. The standard InChI is InChI=1S/C18H19BrO2/c1-12-7-13(2)9-14(8-12)10-16(18(20)21)11-15-5-3-4-6-17(15)19/h3-9,16H,10-11H2,1-2H3,(H,20,21). The normalized spacial score (nSPS) is 12.1. The van der Waals surface area contributed by atoms with Crippen molar-refractivity contribution >= 4 is 21.9 Å². The molecule has 0 spiro atoms. The first-order valence-electron chi connectivity index (χ1n) is 6.99. The fourth-order valence-corrected chi connectivity index (χ4v) is 3.09. The molecule has 0 fully saturated rings. The Kier molecular flexibility index (Phi) is 5.18. The summed E-state index contributed by atoms with van der Waals surface area (Å²) in [7, 11) is 0. The summed E-state index contributed by atoms with van der Waals surface area (Å²) in [5.74, 6) is -1.16. The number of aryl methyl sites for hydroxylation is 2. The molecule has 0 heterocycles. The number of aliphatic carboxylic acids is 1. The highest BCUT2D eigenvalue weighted by atomic mass is 79.9. The van der Waals surface area contributed by atoms with E-state index in [9.17, 15) is 9.90 Å². The average molecular weight is 347 g/mol. The molecule has 0 bridgehead atoms. The van der Waals surface area contributed by atoms with Gasteiger partial charge >= 0.3 is 5.97 Å². The van der Waals surface area contributed by atoms with Gasteiger partial charge in [0.1, 0.15) is 0 Å². The molecule has 2 aromatic carbocycles. The molecule has 0 aliphatic heterocycles. The van der Waals surface area contributed by atoms with Crippen LogP contribution >= 0.6 is 15.9 Å². The molecule has 110 valence electrons. The Hall–Kier alpha value is -1.61. The minimum absolute atomic E-state index is 0.412. The third-order valence-corrected chi connectivity index (χ3v) is 4.31. The van der Waals surface area contributed by atoms with E-state index in [0.717, 1.165) is 15.6 Å². The van der Waals surface area contributed by atoms with Crippen molar-refractivity contribution in [2.75, 3.05) is 0 Å². The van der Waals surface area contributed by atoms with Crippen molar-refractivity contribution in [1.29, 1.82) is 0 Å². The zero-order valence-corrected chi connectivity index (χ0v) is 13.9. The minimum Gasteiger partial charge on any atom is -0.481 e. The van der Waals surface area contributed by atoms with Gasteiger partial charge in [0.25, 0.3) is 0 Å². The molecule has 1 atom stereocenters. The molecular weight excluding hydrogens is 328 g/mol. The van der Waals surface area contributed by atoms with Gasteiger partial charge in [-0.05, 0) is 43.9 Å². The van der Waals surface area contributed by atoms with Gasteiger partial charge in [-0.25, -0.2) is 0 Å². The van der Waals surface area contributed by atoms with E-state index < -0.39 is 11.9 Å². The van der Waals surface area contributed by atoms with Crippen LogP contribution in [-0.2, 0) is 17.6 Å². The first-order valence-corrected chi connectivity index (χ1v) is 7.78. The molecule has 0 radical (unpaired) electrons. The summed E-state index contributed by atoms with van der Waals surface area (Å²) >= 11 is 3.49. The second-order valence-corrected chi connectivity index (χ2v) is 6.39. The number of carboxylic acids is 1. The maximum atomic E-state index is 11.6. The van der Waals surface area contributed by atoms with Gasteiger partial charge in [0.2, 0.25) is 0 Å². The second-order valence-electron chi connectivity index (χ2n) is 5.53. The van der Waals surface area contributed by atoms with Crippen molar-refractivity contribution in [3.05, 3.63) is 69.2 Å². The Balaban J connectivity index is 2.20. The third-order valence-electron chi connectivity index (χ3n) is 3.54. The number of hydrogen-bond acceptors (Lipinski definition) is 1. The monoisotopic (exact) mass is 346 g/mol. The fourth-order valence-electron chi connectivity index (χ4n) is 2.65. The zero-order chi connectivity index (χ0) is 15.4. The number of rotatable bonds is 5. The van der Waals surface area contributed by atoms with E-state index in [2.05, 4.69) is 34.1 Å². The van der Waals surface area contributed by atoms with E-state index in [1.807, 2.05) is 38.1 Å². The van der Waals surface area contributed by atoms with Gasteiger partial charge < -0.3 is 5.11 Å². The number of carbonyl (C=O) groups is 1. The molecule has 0 saturated carbocycles. The van der Waals surface area contributed by atoms with E-state index in [0.29, 0.717) is 12.8 Å². The van der Waals surface area contributed by atoms with E-state index in [1.54, 1.807) is 0 Å². The van der Waals surface area contributed by atoms with Crippen LogP contribution in [0.5, 0.6) is 0 Å². The van der Waals surface area contributed by atoms with Crippen molar-refractivity contribution < 1.29 is 9.90 Å². The molecule has 0 amide bonds. The quantitative estimate of drug-likeness (QED) is 0.861. The number of carboxylic acid groups (broad SMARTS) is 1. The van der Waals surface area contributed by atoms with Gasteiger partial charge in [0, 0.05) is 4.47 Å². The van der Waals surface area contributed by atoms with Crippen LogP contribution in [-0.4, -0.2) is 11.1 Å². The smallest absolute Gasteiger partial charge is 0.307 e. The van der Waals surface area contributed by atoms with Gasteiger partial charge in [-0.3, -0.25) is 4.79 Å². The Morgan fingerprint density at radius 3 is 2.29 bits per heavy atom. The Labute approximate surface area is 134 Å². The largest absolute Gasteiger partial charge is 0.481 e. The molecule has 21 heavy (non-hydrogen) atoms. The number of halogens is 1. The van der Waals surface area contributed by atoms with Gasteiger partial charge in [0.15, 0.2) is 0 Å². The number of benzene rings is 2. The van der Waals surface area contributed by atoms with Crippen LogP contribution in [0.25, 0.3) is 0 Å². The van der Waals surface area contributed by atoms with Crippen molar-refractivity contribution in [3.8, 4) is 0 Å². The zero-order valence-electron chi connectivity index (χ0n) is 12.3.